The Morgan fingerprint density at radius 2 is 1.51 bits per heavy atom. The third-order valence-electron chi connectivity index (χ3n) is 9.44. The fourth-order valence-electron chi connectivity index (χ4n) is 7.03. The first-order chi connectivity index (χ1) is 16.8. The smallest absolute Gasteiger partial charge is 0.225 e. The molecule has 35 heavy (non-hydrogen) atoms. The fourth-order valence-corrected chi connectivity index (χ4v) is 9.28. The van der Waals surface area contributed by atoms with Crippen LogP contribution in [-0.4, -0.2) is 54.8 Å². The van der Waals surface area contributed by atoms with E-state index in [9.17, 15) is 18.0 Å². The fraction of sp³-hybridized carbons (Fsp3) is 0.929. The van der Waals surface area contributed by atoms with Gasteiger partial charge in [-0.3, -0.25) is 9.59 Å². The van der Waals surface area contributed by atoms with Gasteiger partial charge in [0.05, 0.1) is 11.0 Å². The van der Waals surface area contributed by atoms with Crippen LogP contribution in [0.2, 0.25) is 0 Å². The van der Waals surface area contributed by atoms with Gasteiger partial charge in [0, 0.05) is 31.0 Å². The van der Waals surface area contributed by atoms with Gasteiger partial charge in [-0.1, -0.05) is 26.2 Å². The minimum Gasteiger partial charge on any atom is -0.353 e. The molecule has 7 heteroatoms. The van der Waals surface area contributed by atoms with Crippen molar-refractivity contribution in [3.05, 3.63) is 0 Å². The van der Waals surface area contributed by atoms with E-state index in [1.54, 1.807) is 0 Å². The van der Waals surface area contributed by atoms with Crippen LogP contribution in [0.25, 0.3) is 0 Å². The Bertz CT molecular complexity index is 826. The summed E-state index contributed by atoms with van der Waals surface area (Å²) >= 11 is 0. The van der Waals surface area contributed by atoms with E-state index in [-0.39, 0.29) is 23.1 Å². The first kappa shape index (κ1) is 26.9. The van der Waals surface area contributed by atoms with Crippen LogP contribution in [0.4, 0.5) is 0 Å². The second-order valence-electron chi connectivity index (χ2n) is 12.2. The van der Waals surface area contributed by atoms with Gasteiger partial charge >= 0.3 is 0 Å². The highest BCUT2D eigenvalue weighted by atomic mass is 32.2. The van der Waals surface area contributed by atoms with Gasteiger partial charge in [-0.25, -0.2) is 8.42 Å². The molecule has 6 nitrogen and oxygen atoms in total. The zero-order valence-electron chi connectivity index (χ0n) is 22.1. The highest BCUT2D eigenvalue weighted by Crippen LogP contribution is 2.37. The van der Waals surface area contributed by atoms with Crippen molar-refractivity contribution in [2.24, 2.45) is 23.7 Å². The van der Waals surface area contributed by atoms with Gasteiger partial charge in [0.25, 0.3) is 0 Å². The monoisotopic (exact) mass is 508 g/mol. The minimum absolute atomic E-state index is 0.0906. The molecule has 4 aliphatic rings. The summed E-state index contributed by atoms with van der Waals surface area (Å²) in [4.78, 5) is 28.3. The molecule has 3 atom stereocenters. The van der Waals surface area contributed by atoms with E-state index in [2.05, 4.69) is 24.1 Å². The molecule has 4 saturated carbocycles. The van der Waals surface area contributed by atoms with E-state index in [0.29, 0.717) is 54.7 Å². The minimum atomic E-state index is -2.96. The molecule has 200 valence electrons. The lowest BCUT2D eigenvalue weighted by atomic mass is 9.77. The number of hydrogen-bond acceptors (Lipinski definition) is 4. The number of nitrogens with one attached hydrogen (secondary N) is 1. The van der Waals surface area contributed by atoms with Crippen LogP contribution in [0, 0.1) is 23.7 Å². The van der Waals surface area contributed by atoms with Gasteiger partial charge in [0.1, 0.15) is 0 Å². The number of carbonyl (C=O) groups is 2. The van der Waals surface area contributed by atoms with E-state index in [4.69, 9.17) is 0 Å². The lowest BCUT2D eigenvalue weighted by Gasteiger charge is -2.40. The van der Waals surface area contributed by atoms with E-state index in [1.165, 1.54) is 19.3 Å². The largest absolute Gasteiger partial charge is 0.353 e. The number of hydrogen-bond donors (Lipinski definition) is 1. The first-order valence-corrected chi connectivity index (χ1v) is 16.3. The molecule has 0 aromatic rings. The van der Waals surface area contributed by atoms with Gasteiger partial charge < -0.3 is 10.2 Å². The molecule has 4 aliphatic carbocycles. The lowest BCUT2D eigenvalue weighted by Crippen LogP contribution is -2.49. The number of nitrogens with zero attached hydrogens (tertiary/aromatic N) is 1. The van der Waals surface area contributed by atoms with Crippen LogP contribution < -0.4 is 5.32 Å². The molecular weight excluding hydrogens is 460 g/mol. The van der Waals surface area contributed by atoms with Crippen molar-refractivity contribution in [2.45, 2.75) is 127 Å². The lowest BCUT2D eigenvalue weighted by molar-refractivity contribution is -0.140. The molecule has 0 aromatic carbocycles. The highest BCUT2D eigenvalue weighted by molar-refractivity contribution is 7.92. The SMILES string of the molecule is CCN(C(=O)C1CCC(NC(=O)CC2CCC(S(=O)(=O)CC3CC3)CC2)C(C)C1)C1CCCCC1. The van der Waals surface area contributed by atoms with E-state index in [1.807, 2.05) is 0 Å². The number of amides is 2. The van der Waals surface area contributed by atoms with E-state index >= 15 is 0 Å². The van der Waals surface area contributed by atoms with Crippen molar-refractivity contribution in [3.63, 3.8) is 0 Å². The maximum Gasteiger partial charge on any atom is 0.225 e. The van der Waals surface area contributed by atoms with Crippen LogP contribution in [0.15, 0.2) is 0 Å². The van der Waals surface area contributed by atoms with Crippen LogP contribution in [0.1, 0.15) is 110 Å². The van der Waals surface area contributed by atoms with Crippen molar-refractivity contribution < 1.29 is 18.0 Å². The Morgan fingerprint density at radius 3 is 2.11 bits per heavy atom. The number of carbonyl (C=O) groups excluding carboxylic acids is 2. The van der Waals surface area contributed by atoms with Crippen molar-refractivity contribution in [3.8, 4) is 0 Å². The van der Waals surface area contributed by atoms with Gasteiger partial charge in [0.15, 0.2) is 9.84 Å². The topological polar surface area (TPSA) is 83.6 Å². The van der Waals surface area contributed by atoms with Gasteiger partial charge in [-0.2, -0.15) is 0 Å². The Hall–Kier alpha value is -1.11. The summed E-state index contributed by atoms with van der Waals surface area (Å²) in [6.45, 7) is 5.09. The Labute approximate surface area is 213 Å². The second-order valence-corrected chi connectivity index (χ2v) is 14.5. The van der Waals surface area contributed by atoms with Crippen molar-refractivity contribution >= 4 is 21.7 Å². The van der Waals surface area contributed by atoms with E-state index < -0.39 is 9.84 Å². The summed E-state index contributed by atoms with van der Waals surface area (Å²) in [5.41, 5.74) is 0. The summed E-state index contributed by atoms with van der Waals surface area (Å²) in [6, 6.07) is 0.569. The van der Waals surface area contributed by atoms with Gasteiger partial charge in [0.2, 0.25) is 11.8 Å². The molecule has 2 amide bonds. The van der Waals surface area contributed by atoms with Crippen molar-refractivity contribution in [1.29, 1.82) is 0 Å². The Kier molecular flexibility index (Phi) is 9.20. The molecule has 3 unspecified atom stereocenters. The highest BCUT2D eigenvalue weighted by Gasteiger charge is 2.38. The van der Waals surface area contributed by atoms with Crippen LogP contribution >= 0.6 is 0 Å². The Morgan fingerprint density at radius 1 is 0.857 bits per heavy atom. The van der Waals surface area contributed by atoms with Crippen LogP contribution in [0.5, 0.6) is 0 Å². The number of rotatable bonds is 9. The zero-order valence-corrected chi connectivity index (χ0v) is 22.9. The standard InChI is InChI=1S/C28H48N2O4S/c1-3-30(24-7-5-4-6-8-24)28(32)23-13-16-26(20(2)17-23)29-27(31)18-21-11-14-25(15-12-21)35(33,34)19-22-9-10-22/h20-26H,3-19H2,1-2H3,(H,29,31). The molecule has 0 radical (unpaired) electrons. The zero-order chi connectivity index (χ0) is 25.0. The third kappa shape index (κ3) is 7.23. The van der Waals surface area contributed by atoms with Gasteiger partial charge in [-0.05, 0) is 95.3 Å². The van der Waals surface area contributed by atoms with Crippen molar-refractivity contribution in [2.75, 3.05) is 12.3 Å². The summed E-state index contributed by atoms with van der Waals surface area (Å²) < 4.78 is 25.2. The maximum absolute atomic E-state index is 13.3. The third-order valence-corrected chi connectivity index (χ3v) is 11.9. The van der Waals surface area contributed by atoms with Crippen molar-refractivity contribution in [1.82, 2.24) is 10.2 Å². The molecule has 0 spiro atoms. The van der Waals surface area contributed by atoms with Gasteiger partial charge in [-0.15, -0.1) is 0 Å². The normalized spacial score (nSPS) is 32.7. The van der Waals surface area contributed by atoms with Crippen LogP contribution in [-0.2, 0) is 19.4 Å². The molecule has 0 saturated heterocycles. The summed E-state index contributed by atoms with van der Waals surface area (Å²) in [5, 5.41) is 3.09. The van der Waals surface area contributed by atoms with Crippen LogP contribution in [0.3, 0.4) is 0 Å². The number of sulfone groups is 1. The Balaban J connectivity index is 1.19. The maximum atomic E-state index is 13.3. The quantitative estimate of drug-likeness (QED) is 0.482. The molecule has 4 fully saturated rings. The molecule has 4 rings (SSSR count). The predicted molar refractivity (Wildman–Crippen MR) is 140 cm³/mol. The molecule has 0 bridgehead atoms. The summed E-state index contributed by atoms with van der Waals surface area (Å²) in [5.74, 6) is 1.92. The molecule has 0 heterocycles. The molecule has 0 aliphatic heterocycles. The summed E-state index contributed by atoms with van der Waals surface area (Å²) in [7, 11) is -2.96. The second kappa shape index (κ2) is 12.0. The van der Waals surface area contributed by atoms with E-state index in [0.717, 1.165) is 64.3 Å². The average Bonchev–Trinajstić information content (AvgIpc) is 3.65. The predicted octanol–water partition coefficient (Wildman–Crippen LogP) is 4.86. The summed E-state index contributed by atoms with van der Waals surface area (Å²) in [6.07, 6.45) is 14.4. The molecule has 0 aromatic heterocycles. The molecule has 1 N–H and O–H groups in total. The molecular formula is C28H48N2O4S. The average molecular weight is 509 g/mol. The first-order valence-electron chi connectivity index (χ1n) is 14.6.